The Labute approximate surface area is 197 Å². The van der Waals surface area contributed by atoms with Gasteiger partial charge in [0.05, 0.1) is 19.5 Å². The minimum absolute atomic E-state index is 0.00393. The van der Waals surface area contributed by atoms with Crippen molar-refractivity contribution >= 4 is 6.03 Å². The number of hydrogen-bond acceptors (Lipinski definition) is 4. The summed E-state index contributed by atoms with van der Waals surface area (Å²) in [6, 6.07) is 7.99. The third-order valence-corrected chi connectivity index (χ3v) is 6.31. The molecule has 3 heterocycles. The Morgan fingerprint density at radius 1 is 1.09 bits per heavy atom. The highest BCUT2D eigenvalue weighted by molar-refractivity contribution is 5.75. The average molecular weight is 481 g/mol. The molecule has 0 saturated carbocycles. The highest BCUT2D eigenvalue weighted by Crippen LogP contribution is 2.38. The Balaban J connectivity index is 1.55. The van der Waals surface area contributed by atoms with Gasteiger partial charge in [0.2, 0.25) is 0 Å². The van der Waals surface area contributed by atoms with Crippen LogP contribution in [-0.2, 0) is 11.2 Å². The quantitative estimate of drug-likeness (QED) is 0.575. The number of carbonyl (C=O) groups excluding carboxylic acids is 1. The van der Waals surface area contributed by atoms with Crippen LogP contribution in [0.1, 0.15) is 49.0 Å². The first-order valence-corrected chi connectivity index (χ1v) is 11.7. The number of alkyl halides is 3. The summed E-state index contributed by atoms with van der Waals surface area (Å²) in [5.41, 5.74) is 2.00. The van der Waals surface area contributed by atoms with Crippen LogP contribution in [0.5, 0.6) is 5.75 Å². The van der Waals surface area contributed by atoms with Crippen molar-refractivity contribution in [2.24, 2.45) is 5.92 Å². The molecular weight excluding hydrogens is 449 g/mol. The molecule has 6 nitrogen and oxygen atoms in total. The molecule has 0 spiro atoms. The van der Waals surface area contributed by atoms with Gasteiger partial charge in [-0.25, -0.2) is 4.79 Å². The molecule has 1 aromatic carbocycles. The van der Waals surface area contributed by atoms with Crippen LogP contribution >= 0.6 is 0 Å². The van der Waals surface area contributed by atoms with Gasteiger partial charge in [-0.2, -0.15) is 0 Å². The lowest BCUT2D eigenvalue weighted by atomic mass is 9.83. The number of benzene rings is 1. The number of halogens is 3. The van der Waals surface area contributed by atoms with Crippen molar-refractivity contribution in [1.82, 2.24) is 9.80 Å². The van der Waals surface area contributed by atoms with Crippen LogP contribution in [0.15, 0.2) is 41.0 Å². The molecule has 2 unspecified atom stereocenters. The second-order valence-corrected chi connectivity index (χ2v) is 9.49. The molecule has 4 rings (SSSR count). The summed E-state index contributed by atoms with van der Waals surface area (Å²) in [5, 5.41) is 0. The summed E-state index contributed by atoms with van der Waals surface area (Å²) >= 11 is 0. The first kappa shape index (κ1) is 24.4. The normalized spacial score (nSPS) is 21.7. The zero-order valence-electron chi connectivity index (χ0n) is 19.5. The lowest BCUT2D eigenvalue weighted by Crippen LogP contribution is -2.52. The smallest absolute Gasteiger partial charge is 0.469 e. The standard InChI is InChI=1S/C25H31F3N2O4/c1-17(2)11-18-12-23(33-16-18)21-13-20(19-3-5-22(6-4-19)34-25(26,27)28)14-30(15-21)24(31)29-7-9-32-10-8-29/h3-6,12,16-17,20-21H,7-11,13-15H2,1-2H3. The maximum Gasteiger partial charge on any atom is 0.573 e. The molecule has 0 N–H and O–H groups in total. The van der Waals surface area contributed by atoms with Gasteiger partial charge in [0.1, 0.15) is 11.5 Å². The van der Waals surface area contributed by atoms with E-state index in [0.717, 1.165) is 29.7 Å². The largest absolute Gasteiger partial charge is 0.573 e. The number of piperidine rings is 1. The fourth-order valence-electron chi connectivity index (χ4n) is 4.79. The predicted octanol–water partition coefficient (Wildman–Crippen LogP) is 5.40. The van der Waals surface area contributed by atoms with Gasteiger partial charge in [-0.05, 0) is 48.1 Å². The maximum absolute atomic E-state index is 13.3. The van der Waals surface area contributed by atoms with Gasteiger partial charge in [-0.3, -0.25) is 0 Å². The summed E-state index contributed by atoms with van der Waals surface area (Å²) < 4.78 is 52.9. The van der Waals surface area contributed by atoms with Crippen LogP contribution < -0.4 is 4.74 Å². The Hall–Kier alpha value is -2.68. The average Bonchev–Trinajstić information content (AvgIpc) is 3.26. The highest BCUT2D eigenvalue weighted by atomic mass is 19.4. The molecule has 34 heavy (non-hydrogen) atoms. The van der Waals surface area contributed by atoms with Crippen LogP contribution in [-0.4, -0.2) is 61.6 Å². The van der Waals surface area contributed by atoms with E-state index in [1.165, 1.54) is 12.1 Å². The molecule has 0 radical (unpaired) electrons. The Morgan fingerprint density at radius 3 is 2.41 bits per heavy atom. The molecule has 186 valence electrons. The third kappa shape index (κ3) is 6.25. The second kappa shape index (κ2) is 10.3. The van der Waals surface area contributed by atoms with Gasteiger partial charge in [0.15, 0.2) is 0 Å². The van der Waals surface area contributed by atoms with E-state index in [0.29, 0.717) is 45.3 Å². The zero-order chi connectivity index (χ0) is 24.3. The molecule has 2 fully saturated rings. The van der Waals surface area contributed by atoms with E-state index in [2.05, 4.69) is 24.7 Å². The maximum atomic E-state index is 13.3. The number of urea groups is 1. The van der Waals surface area contributed by atoms with E-state index < -0.39 is 6.36 Å². The van der Waals surface area contributed by atoms with Crippen molar-refractivity contribution < 1.29 is 31.9 Å². The number of hydrogen-bond donors (Lipinski definition) is 0. The molecule has 0 bridgehead atoms. The number of amides is 2. The van der Waals surface area contributed by atoms with Crippen molar-refractivity contribution in [3.05, 3.63) is 53.5 Å². The van der Waals surface area contributed by atoms with Crippen LogP contribution in [0, 0.1) is 5.92 Å². The Morgan fingerprint density at radius 2 is 1.76 bits per heavy atom. The number of furan rings is 1. The summed E-state index contributed by atoms with van der Waals surface area (Å²) in [6.07, 6.45) is -1.29. The van der Waals surface area contributed by atoms with Crippen molar-refractivity contribution in [2.75, 3.05) is 39.4 Å². The number of morpholine rings is 1. The van der Waals surface area contributed by atoms with E-state index in [1.807, 2.05) is 4.90 Å². The van der Waals surface area contributed by atoms with E-state index in [4.69, 9.17) is 9.15 Å². The van der Waals surface area contributed by atoms with E-state index >= 15 is 0 Å². The Kier molecular flexibility index (Phi) is 7.40. The lowest BCUT2D eigenvalue weighted by Gasteiger charge is -2.40. The van der Waals surface area contributed by atoms with Gasteiger partial charge < -0.3 is 23.7 Å². The van der Waals surface area contributed by atoms with Crippen LogP contribution in [0.25, 0.3) is 0 Å². The van der Waals surface area contributed by atoms with Crippen LogP contribution in [0.2, 0.25) is 0 Å². The topological polar surface area (TPSA) is 55.2 Å². The highest BCUT2D eigenvalue weighted by Gasteiger charge is 2.36. The van der Waals surface area contributed by atoms with Gasteiger partial charge in [-0.1, -0.05) is 26.0 Å². The fraction of sp³-hybridized carbons (Fsp3) is 0.560. The number of carbonyl (C=O) groups is 1. The molecule has 2 saturated heterocycles. The number of nitrogens with zero attached hydrogens (tertiary/aromatic N) is 2. The minimum Gasteiger partial charge on any atom is -0.469 e. The van der Waals surface area contributed by atoms with Crippen molar-refractivity contribution in [2.45, 2.75) is 44.9 Å². The first-order chi connectivity index (χ1) is 16.2. The minimum atomic E-state index is -4.73. The fourth-order valence-corrected chi connectivity index (χ4v) is 4.79. The molecule has 2 aromatic rings. The summed E-state index contributed by atoms with van der Waals surface area (Å²) in [7, 11) is 0. The van der Waals surface area contributed by atoms with Crippen molar-refractivity contribution in [1.29, 1.82) is 0 Å². The first-order valence-electron chi connectivity index (χ1n) is 11.7. The molecule has 2 atom stereocenters. The molecule has 2 aliphatic rings. The molecule has 0 aliphatic carbocycles. The number of ether oxygens (including phenoxy) is 2. The number of likely N-dealkylation sites (tertiary alicyclic amines) is 1. The van der Waals surface area contributed by atoms with Crippen LogP contribution in [0.4, 0.5) is 18.0 Å². The van der Waals surface area contributed by atoms with Crippen LogP contribution in [0.3, 0.4) is 0 Å². The molecule has 9 heteroatoms. The summed E-state index contributed by atoms with van der Waals surface area (Å²) in [4.78, 5) is 16.9. The SMILES string of the molecule is CC(C)Cc1coc(C2CC(c3ccc(OC(F)(F)F)cc3)CN(C(=O)N3CCOCC3)C2)c1. The molecule has 2 amide bonds. The van der Waals surface area contributed by atoms with Gasteiger partial charge in [0.25, 0.3) is 0 Å². The van der Waals surface area contributed by atoms with E-state index in [-0.39, 0.29) is 23.6 Å². The monoisotopic (exact) mass is 480 g/mol. The summed E-state index contributed by atoms with van der Waals surface area (Å²) in [5.74, 6) is 1.05. The second-order valence-electron chi connectivity index (χ2n) is 9.49. The summed E-state index contributed by atoms with van der Waals surface area (Å²) in [6.45, 7) is 7.47. The molecule has 1 aromatic heterocycles. The van der Waals surface area contributed by atoms with Gasteiger partial charge >= 0.3 is 12.4 Å². The van der Waals surface area contributed by atoms with Gasteiger partial charge in [-0.15, -0.1) is 13.2 Å². The Bertz CT molecular complexity index is 952. The number of rotatable bonds is 5. The van der Waals surface area contributed by atoms with Crippen molar-refractivity contribution in [3.8, 4) is 5.75 Å². The third-order valence-electron chi connectivity index (χ3n) is 6.31. The molecule has 2 aliphatic heterocycles. The molecular formula is C25H31F3N2O4. The predicted molar refractivity (Wildman–Crippen MR) is 120 cm³/mol. The van der Waals surface area contributed by atoms with Crippen molar-refractivity contribution in [3.63, 3.8) is 0 Å². The van der Waals surface area contributed by atoms with E-state index in [9.17, 15) is 18.0 Å². The van der Waals surface area contributed by atoms with Gasteiger partial charge in [0, 0.05) is 38.0 Å². The van der Waals surface area contributed by atoms with E-state index in [1.54, 1.807) is 23.3 Å². The zero-order valence-corrected chi connectivity index (χ0v) is 19.5. The lowest BCUT2D eigenvalue weighted by molar-refractivity contribution is -0.274.